The molecule has 0 heterocycles. The third-order valence-electron chi connectivity index (χ3n) is 5.74. The molecule has 0 bridgehead atoms. The fourth-order valence-corrected chi connectivity index (χ4v) is 4.63. The molecule has 1 atom stereocenters. The van der Waals surface area contributed by atoms with Crippen molar-refractivity contribution >= 4 is 17.7 Å². The molecule has 0 aromatic heterocycles. The highest BCUT2D eigenvalue weighted by Gasteiger charge is 2.15. The van der Waals surface area contributed by atoms with Crippen LogP contribution in [0.1, 0.15) is 85.0 Å². The van der Waals surface area contributed by atoms with Gasteiger partial charge in [-0.15, -0.1) is 11.8 Å². The summed E-state index contributed by atoms with van der Waals surface area (Å²) in [6.07, 6.45) is 13.4. The second kappa shape index (κ2) is 16.6. The summed E-state index contributed by atoms with van der Waals surface area (Å²) in [6.45, 7) is 7.19. The Bertz CT molecular complexity index is 770. The van der Waals surface area contributed by atoms with Crippen LogP contribution < -0.4 is 4.74 Å². The van der Waals surface area contributed by atoms with Gasteiger partial charge in [0.15, 0.2) is 0 Å². The maximum Gasteiger partial charge on any atom is 0.319 e. The first-order valence-electron chi connectivity index (χ1n) is 12.8. The number of hydrogen-bond acceptors (Lipinski definition) is 4. The lowest BCUT2D eigenvalue weighted by Gasteiger charge is -2.11. The first-order chi connectivity index (χ1) is 16.1. The molecule has 182 valence electrons. The number of benzene rings is 2. The van der Waals surface area contributed by atoms with Crippen LogP contribution in [0.5, 0.6) is 5.75 Å². The Labute approximate surface area is 205 Å². The van der Waals surface area contributed by atoms with Crippen LogP contribution in [0.25, 0.3) is 11.1 Å². The van der Waals surface area contributed by atoms with Crippen LogP contribution in [0.4, 0.5) is 0 Å². The van der Waals surface area contributed by atoms with E-state index in [2.05, 4.69) is 55.5 Å². The number of rotatable bonds is 17. The standard InChI is InChI=1S/C29H42O3S/c1-4-6-7-8-9-10-11-12-13-14-23-32-27-19-15-25(16-20-27)26-17-21-28(22-18-26)33-24(3)29(30)31-5-2/h15-22,24H,4-14,23H2,1-3H3/t24-/m1/s1. The predicted octanol–water partition coefficient (Wildman–Crippen LogP) is 8.70. The molecule has 0 aliphatic heterocycles. The van der Waals surface area contributed by atoms with Crippen molar-refractivity contribution in [2.24, 2.45) is 0 Å². The minimum Gasteiger partial charge on any atom is -0.494 e. The summed E-state index contributed by atoms with van der Waals surface area (Å²) in [6, 6.07) is 16.6. The molecule has 2 aromatic carbocycles. The molecule has 0 radical (unpaired) electrons. The lowest BCUT2D eigenvalue weighted by molar-refractivity contribution is -0.142. The first-order valence-corrected chi connectivity index (χ1v) is 13.7. The summed E-state index contributed by atoms with van der Waals surface area (Å²) in [5, 5.41) is -0.206. The second-order valence-corrected chi connectivity index (χ2v) is 10.0. The van der Waals surface area contributed by atoms with Gasteiger partial charge in [0, 0.05) is 4.90 Å². The third-order valence-corrected chi connectivity index (χ3v) is 6.83. The van der Waals surface area contributed by atoms with Crippen molar-refractivity contribution in [3.63, 3.8) is 0 Å². The van der Waals surface area contributed by atoms with E-state index in [0.29, 0.717) is 6.61 Å². The molecular formula is C29H42O3S. The first kappa shape index (κ1) is 27.3. The van der Waals surface area contributed by atoms with Gasteiger partial charge in [-0.2, -0.15) is 0 Å². The smallest absolute Gasteiger partial charge is 0.319 e. The minimum absolute atomic E-state index is 0.167. The van der Waals surface area contributed by atoms with Gasteiger partial charge in [-0.25, -0.2) is 0 Å². The average Bonchev–Trinajstić information content (AvgIpc) is 2.83. The SMILES string of the molecule is CCCCCCCCCCCCOc1ccc(-c2ccc(S[C@H](C)C(=O)OCC)cc2)cc1. The van der Waals surface area contributed by atoms with Gasteiger partial charge in [0.1, 0.15) is 11.0 Å². The Balaban J connectivity index is 1.65. The number of thioether (sulfide) groups is 1. The van der Waals surface area contributed by atoms with Crippen LogP contribution >= 0.6 is 11.8 Å². The molecule has 0 saturated carbocycles. The van der Waals surface area contributed by atoms with Crippen molar-refractivity contribution in [3.05, 3.63) is 48.5 Å². The Morgan fingerprint density at radius 1 is 0.758 bits per heavy atom. The third kappa shape index (κ3) is 11.2. The summed E-state index contributed by atoms with van der Waals surface area (Å²) >= 11 is 1.52. The fourth-order valence-electron chi connectivity index (χ4n) is 3.76. The van der Waals surface area contributed by atoms with Gasteiger partial charge in [0.05, 0.1) is 13.2 Å². The highest BCUT2D eigenvalue weighted by molar-refractivity contribution is 8.00. The van der Waals surface area contributed by atoms with E-state index in [-0.39, 0.29) is 11.2 Å². The van der Waals surface area contributed by atoms with E-state index in [4.69, 9.17) is 9.47 Å². The molecule has 0 spiro atoms. The Morgan fingerprint density at radius 3 is 1.82 bits per heavy atom. The van der Waals surface area contributed by atoms with Crippen molar-refractivity contribution in [3.8, 4) is 16.9 Å². The van der Waals surface area contributed by atoms with Crippen molar-refractivity contribution in [2.75, 3.05) is 13.2 Å². The van der Waals surface area contributed by atoms with Crippen molar-refractivity contribution < 1.29 is 14.3 Å². The summed E-state index contributed by atoms with van der Waals surface area (Å²) in [5.41, 5.74) is 2.32. The quantitative estimate of drug-likeness (QED) is 0.132. The number of unbranched alkanes of at least 4 members (excludes halogenated alkanes) is 9. The Hall–Kier alpha value is -1.94. The number of carbonyl (C=O) groups is 1. The molecule has 0 unspecified atom stereocenters. The summed E-state index contributed by atoms with van der Waals surface area (Å²) < 4.78 is 11.0. The molecule has 3 nitrogen and oxygen atoms in total. The van der Waals surface area contributed by atoms with E-state index in [1.807, 2.05) is 13.8 Å². The van der Waals surface area contributed by atoms with E-state index in [1.54, 1.807) is 0 Å². The molecule has 4 heteroatoms. The van der Waals surface area contributed by atoms with Gasteiger partial charge in [0.2, 0.25) is 0 Å². The van der Waals surface area contributed by atoms with Crippen LogP contribution in [0.3, 0.4) is 0 Å². The molecule has 0 N–H and O–H groups in total. The molecule has 0 saturated heterocycles. The second-order valence-electron chi connectivity index (χ2n) is 8.59. The molecule has 0 aliphatic carbocycles. The zero-order valence-corrected chi connectivity index (χ0v) is 21.6. The number of carbonyl (C=O) groups excluding carboxylic acids is 1. The van der Waals surface area contributed by atoms with Crippen LogP contribution in [0.2, 0.25) is 0 Å². The highest BCUT2D eigenvalue weighted by atomic mass is 32.2. The maximum atomic E-state index is 11.8. The fraction of sp³-hybridized carbons (Fsp3) is 0.552. The normalized spacial score (nSPS) is 11.8. The summed E-state index contributed by atoms with van der Waals surface area (Å²) in [5.74, 6) is 0.769. The topological polar surface area (TPSA) is 35.5 Å². The monoisotopic (exact) mass is 470 g/mol. The number of ether oxygens (including phenoxy) is 2. The van der Waals surface area contributed by atoms with Gasteiger partial charge in [0.25, 0.3) is 0 Å². The van der Waals surface area contributed by atoms with Gasteiger partial charge in [-0.3, -0.25) is 4.79 Å². The summed E-state index contributed by atoms with van der Waals surface area (Å²) in [4.78, 5) is 12.9. The van der Waals surface area contributed by atoms with Crippen LogP contribution in [-0.4, -0.2) is 24.4 Å². The molecule has 33 heavy (non-hydrogen) atoms. The van der Waals surface area contributed by atoms with Gasteiger partial charge in [-0.05, 0) is 55.7 Å². The zero-order valence-electron chi connectivity index (χ0n) is 20.8. The van der Waals surface area contributed by atoms with E-state index in [0.717, 1.165) is 34.8 Å². The molecule has 2 rings (SSSR count). The zero-order chi connectivity index (χ0) is 23.7. The molecule has 0 fully saturated rings. The molecule has 0 amide bonds. The Morgan fingerprint density at radius 2 is 1.27 bits per heavy atom. The maximum absolute atomic E-state index is 11.8. The van der Waals surface area contributed by atoms with Gasteiger partial charge in [-0.1, -0.05) is 89.0 Å². The molecule has 2 aromatic rings. The lowest BCUT2D eigenvalue weighted by atomic mass is 10.1. The predicted molar refractivity (Wildman–Crippen MR) is 141 cm³/mol. The summed E-state index contributed by atoms with van der Waals surface area (Å²) in [7, 11) is 0. The molecule has 0 aliphatic rings. The van der Waals surface area contributed by atoms with Gasteiger partial charge < -0.3 is 9.47 Å². The molecular weight excluding hydrogens is 428 g/mol. The average molecular weight is 471 g/mol. The van der Waals surface area contributed by atoms with Crippen molar-refractivity contribution in [1.29, 1.82) is 0 Å². The van der Waals surface area contributed by atoms with E-state index in [1.165, 1.54) is 69.5 Å². The number of esters is 1. The van der Waals surface area contributed by atoms with Crippen molar-refractivity contribution in [2.45, 2.75) is 95.1 Å². The van der Waals surface area contributed by atoms with Crippen molar-refractivity contribution in [1.82, 2.24) is 0 Å². The van der Waals surface area contributed by atoms with Crippen LogP contribution in [0.15, 0.2) is 53.4 Å². The lowest BCUT2D eigenvalue weighted by Crippen LogP contribution is -2.16. The van der Waals surface area contributed by atoms with Crippen LogP contribution in [0, 0.1) is 0 Å². The van der Waals surface area contributed by atoms with Crippen LogP contribution in [-0.2, 0) is 9.53 Å². The highest BCUT2D eigenvalue weighted by Crippen LogP contribution is 2.28. The van der Waals surface area contributed by atoms with E-state index >= 15 is 0 Å². The minimum atomic E-state index is -0.206. The largest absolute Gasteiger partial charge is 0.494 e. The number of hydrogen-bond donors (Lipinski definition) is 0. The van der Waals surface area contributed by atoms with E-state index in [9.17, 15) is 4.79 Å². The Kier molecular flexibility index (Phi) is 13.8. The van der Waals surface area contributed by atoms with Gasteiger partial charge >= 0.3 is 5.97 Å². The van der Waals surface area contributed by atoms with E-state index < -0.39 is 0 Å².